The Balaban J connectivity index is 3.01. The number of amides is 1. The SMILES string of the molecule is Cc1cc(Br)cc(C(=O)N(C)C(C)C)c1. The maximum absolute atomic E-state index is 12.0. The van der Waals surface area contributed by atoms with Crippen molar-refractivity contribution in [2.75, 3.05) is 7.05 Å². The van der Waals surface area contributed by atoms with Gasteiger partial charge in [0.05, 0.1) is 0 Å². The van der Waals surface area contributed by atoms with Gasteiger partial charge in [-0.25, -0.2) is 0 Å². The van der Waals surface area contributed by atoms with E-state index in [-0.39, 0.29) is 11.9 Å². The highest BCUT2D eigenvalue weighted by Gasteiger charge is 2.14. The minimum atomic E-state index is 0.0643. The number of benzene rings is 1. The van der Waals surface area contributed by atoms with Gasteiger partial charge in [-0.3, -0.25) is 4.79 Å². The molecule has 15 heavy (non-hydrogen) atoms. The summed E-state index contributed by atoms with van der Waals surface area (Å²) in [6.45, 7) is 5.99. The molecule has 0 bridgehead atoms. The number of hydrogen-bond donors (Lipinski definition) is 0. The molecule has 0 spiro atoms. The molecule has 1 amide bonds. The van der Waals surface area contributed by atoms with E-state index in [0.29, 0.717) is 0 Å². The monoisotopic (exact) mass is 269 g/mol. The Morgan fingerprint density at radius 3 is 2.40 bits per heavy atom. The highest BCUT2D eigenvalue weighted by molar-refractivity contribution is 9.10. The Bertz CT molecular complexity index is 354. The van der Waals surface area contributed by atoms with Crippen LogP contribution in [-0.2, 0) is 0 Å². The zero-order valence-electron chi connectivity index (χ0n) is 9.54. The Labute approximate surface area is 99.4 Å². The summed E-state index contributed by atoms with van der Waals surface area (Å²) in [5.41, 5.74) is 1.82. The van der Waals surface area contributed by atoms with Crippen molar-refractivity contribution in [3.05, 3.63) is 33.8 Å². The van der Waals surface area contributed by atoms with E-state index in [2.05, 4.69) is 15.9 Å². The Morgan fingerprint density at radius 2 is 1.93 bits per heavy atom. The standard InChI is InChI=1S/C12H16BrNO/c1-8(2)14(4)12(15)10-5-9(3)6-11(13)7-10/h5-8H,1-4H3. The zero-order valence-corrected chi connectivity index (χ0v) is 11.1. The minimum Gasteiger partial charge on any atom is -0.339 e. The van der Waals surface area contributed by atoms with Gasteiger partial charge in [-0.05, 0) is 44.5 Å². The van der Waals surface area contributed by atoms with Crippen LogP contribution in [0.15, 0.2) is 22.7 Å². The molecule has 0 saturated heterocycles. The quantitative estimate of drug-likeness (QED) is 0.807. The maximum atomic E-state index is 12.0. The van der Waals surface area contributed by atoms with Crippen LogP contribution in [-0.4, -0.2) is 23.9 Å². The molecule has 0 saturated carbocycles. The molecule has 1 aromatic rings. The van der Waals surface area contributed by atoms with Crippen LogP contribution in [0.5, 0.6) is 0 Å². The molecule has 1 aromatic carbocycles. The number of carbonyl (C=O) groups is 1. The lowest BCUT2D eigenvalue weighted by Gasteiger charge is -2.21. The maximum Gasteiger partial charge on any atom is 0.253 e. The fourth-order valence-electron chi connectivity index (χ4n) is 1.30. The van der Waals surface area contributed by atoms with Gasteiger partial charge in [0.25, 0.3) is 5.91 Å². The van der Waals surface area contributed by atoms with E-state index >= 15 is 0 Å². The van der Waals surface area contributed by atoms with Crippen LogP contribution >= 0.6 is 15.9 Å². The topological polar surface area (TPSA) is 20.3 Å². The van der Waals surface area contributed by atoms with E-state index in [9.17, 15) is 4.79 Å². The van der Waals surface area contributed by atoms with Crippen molar-refractivity contribution in [3.8, 4) is 0 Å². The van der Waals surface area contributed by atoms with Gasteiger partial charge < -0.3 is 4.90 Å². The van der Waals surface area contributed by atoms with Crippen molar-refractivity contribution in [2.24, 2.45) is 0 Å². The third-order valence-electron chi connectivity index (χ3n) is 2.38. The van der Waals surface area contributed by atoms with Gasteiger partial charge >= 0.3 is 0 Å². The fourth-order valence-corrected chi connectivity index (χ4v) is 1.91. The third-order valence-corrected chi connectivity index (χ3v) is 2.84. The molecule has 1 rings (SSSR count). The summed E-state index contributed by atoms with van der Waals surface area (Å²) in [7, 11) is 1.82. The predicted octanol–water partition coefficient (Wildman–Crippen LogP) is 3.24. The third kappa shape index (κ3) is 3.06. The lowest BCUT2D eigenvalue weighted by molar-refractivity contribution is 0.0755. The molecule has 0 aromatic heterocycles. The summed E-state index contributed by atoms with van der Waals surface area (Å²) in [5.74, 6) is 0.0643. The fraction of sp³-hybridized carbons (Fsp3) is 0.417. The molecule has 0 unspecified atom stereocenters. The second-order valence-corrected chi connectivity index (χ2v) is 4.94. The lowest BCUT2D eigenvalue weighted by Crippen LogP contribution is -2.32. The van der Waals surface area contributed by atoms with Crippen LogP contribution in [0.25, 0.3) is 0 Å². The molecule has 0 aliphatic carbocycles. The largest absolute Gasteiger partial charge is 0.339 e. The molecule has 0 atom stereocenters. The molecule has 0 fully saturated rings. The highest BCUT2D eigenvalue weighted by atomic mass is 79.9. The second kappa shape index (κ2) is 4.79. The molecule has 3 heteroatoms. The van der Waals surface area contributed by atoms with Gasteiger partial charge in [0, 0.05) is 23.1 Å². The number of halogens is 1. The summed E-state index contributed by atoms with van der Waals surface area (Å²) in [5, 5.41) is 0. The van der Waals surface area contributed by atoms with E-state index in [1.165, 1.54) is 0 Å². The zero-order chi connectivity index (χ0) is 11.6. The second-order valence-electron chi connectivity index (χ2n) is 4.03. The van der Waals surface area contributed by atoms with Crippen molar-refractivity contribution < 1.29 is 4.79 Å². The van der Waals surface area contributed by atoms with E-state index in [1.54, 1.807) is 4.90 Å². The summed E-state index contributed by atoms with van der Waals surface area (Å²) < 4.78 is 0.947. The van der Waals surface area contributed by atoms with Crippen molar-refractivity contribution in [2.45, 2.75) is 26.8 Å². The normalized spacial score (nSPS) is 10.5. The van der Waals surface area contributed by atoms with Crippen molar-refractivity contribution in [1.29, 1.82) is 0 Å². The van der Waals surface area contributed by atoms with Crippen LogP contribution in [0.3, 0.4) is 0 Å². The van der Waals surface area contributed by atoms with Crippen LogP contribution in [0.4, 0.5) is 0 Å². The molecule has 2 nitrogen and oxygen atoms in total. The molecule has 82 valence electrons. The van der Waals surface area contributed by atoms with E-state index in [0.717, 1.165) is 15.6 Å². The van der Waals surface area contributed by atoms with Gasteiger partial charge in [-0.1, -0.05) is 15.9 Å². The minimum absolute atomic E-state index is 0.0643. The van der Waals surface area contributed by atoms with Gasteiger partial charge in [0.1, 0.15) is 0 Å². The lowest BCUT2D eigenvalue weighted by atomic mass is 10.1. The highest BCUT2D eigenvalue weighted by Crippen LogP contribution is 2.17. The molecule has 0 heterocycles. The number of aryl methyl sites for hydroxylation is 1. The van der Waals surface area contributed by atoms with Gasteiger partial charge in [-0.15, -0.1) is 0 Å². The molecule has 0 aliphatic heterocycles. The van der Waals surface area contributed by atoms with Gasteiger partial charge in [-0.2, -0.15) is 0 Å². The number of carbonyl (C=O) groups excluding carboxylic acids is 1. The van der Waals surface area contributed by atoms with Crippen LogP contribution in [0.2, 0.25) is 0 Å². The van der Waals surface area contributed by atoms with Crippen LogP contribution < -0.4 is 0 Å². The summed E-state index contributed by atoms with van der Waals surface area (Å²) in [6, 6.07) is 5.98. The number of hydrogen-bond acceptors (Lipinski definition) is 1. The van der Waals surface area contributed by atoms with E-state index in [4.69, 9.17) is 0 Å². The molecule has 0 radical (unpaired) electrons. The van der Waals surface area contributed by atoms with Crippen molar-refractivity contribution in [1.82, 2.24) is 4.90 Å². The first kappa shape index (κ1) is 12.2. The Morgan fingerprint density at radius 1 is 1.33 bits per heavy atom. The summed E-state index contributed by atoms with van der Waals surface area (Å²) in [4.78, 5) is 13.7. The average molecular weight is 270 g/mol. The number of nitrogens with zero attached hydrogens (tertiary/aromatic N) is 1. The molecular weight excluding hydrogens is 254 g/mol. The van der Waals surface area contributed by atoms with Crippen LogP contribution in [0.1, 0.15) is 29.8 Å². The smallest absolute Gasteiger partial charge is 0.253 e. The molecular formula is C12H16BrNO. The summed E-state index contributed by atoms with van der Waals surface area (Å²) >= 11 is 3.40. The Hall–Kier alpha value is -0.830. The van der Waals surface area contributed by atoms with Gasteiger partial charge in [0.15, 0.2) is 0 Å². The first-order valence-corrected chi connectivity index (χ1v) is 5.75. The molecule has 0 N–H and O–H groups in total. The predicted molar refractivity (Wildman–Crippen MR) is 66.1 cm³/mol. The summed E-state index contributed by atoms with van der Waals surface area (Å²) in [6.07, 6.45) is 0. The van der Waals surface area contributed by atoms with Crippen LogP contribution in [0, 0.1) is 6.92 Å². The van der Waals surface area contributed by atoms with E-state index < -0.39 is 0 Å². The first-order valence-electron chi connectivity index (χ1n) is 4.96. The first-order chi connectivity index (χ1) is 6.91. The average Bonchev–Trinajstić information content (AvgIpc) is 2.13. The molecule has 0 aliphatic rings. The van der Waals surface area contributed by atoms with Crippen molar-refractivity contribution >= 4 is 21.8 Å². The Kier molecular flexibility index (Phi) is 3.91. The number of rotatable bonds is 2. The van der Waals surface area contributed by atoms with E-state index in [1.807, 2.05) is 46.0 Å². The van der Waals surface area contributed by atoms with Crippen molar-refractivity contribution in [3.63, 3.8) is 0 Å². The van der Waals surface area contributed by atoms with Gasteiger partial charge in [0.2, 0.25) is 0 Å².